The molecule has 0 fully saturated rings. The fraction of sp³-hybridized carbons (Fsp3) is 0.115. The molecule has 0 unspecified atom stereocenters. The number of aromatic nitrogens is 2. The van der Waals surface area contributed by atoms with E-state index >= 15 is 0 Å². The Labute approximate surface area is 163 Å². The van der Waals surface area contributed by atoms with Crippen molar-refractivity contribution in [2.75, 3.05) is 0 Å². The van der Waals surface area contributed by atoms with Gasteiger partial charge in [0.2, 0.25) is 0 Å². The molecule has 0 radical (unpaired) electrons. The third-order valence-corrected chi connectivity index (χ3v) is 6.09. The zero-order valence-corrected chi connectivity index (χ0v) is 16.0. The highest BCUT2D eigenvalue weighted by molar-refractivity contribution is 6.25. The first-order chi connectivity index (χ1) is 13.7. The second kappa shape index (κ2) is 5.56. The molecule has 28 heavy (non-hydrogen) atoms. The van der Waals surface area contributed by atoms with Gasteiger partial charge < -0.3 is 4.57 Å². The van der Waals surface area contributed by atoms with E-state index in [2.05, 4.69) is 91.2 Å². The monoisotopic (exact) mass is 360 g/mol. The third kappa shape index (κ3) is 2.00. The molecule has 0 N–H and O–H groups in total. The summed E-state index contributed by atoms with van der Waals surface area (Å²) >= 11 is 0. The number of aryl methyl sites for hydroxylation is 2. The predicted molar refractivity (Wildman–Crippen MR) is 119 cm³/mol. The molecule has 0 amide bonds. The minimum Gasteiger partial charge on any atom is -0.329 e. The Hall–Kier alpha value is -3.39. The molecular formula is C26H20N2. The van der Waals surface area contributed by atoms with E-state index in [-0.39, 0.29) is 0 Å². The summed E-state index contributed by atoms with van der Waals surface area (Å²) in [4.78, 5) is 4.79. The van der Waals surface area contributed by atoms with Crippen LogP contribution in [0.4, 0.5) is 0 Å². The highest BCUT2D eigenvalue weighted by atomic mass is 15.1. The number of hydrogen-bond donors (Lipinski definition) is 0. The summed E-state index contributed by atoms with van der Waals surface area (Å²) in [6.45, 7) is 5.20. The Morgan fingerprint density at radius 1 is 0.786 bits per heavy atom. The molecule has 6 aromatic rings. The van der Waals surface area contributed by atoms with Crippen molar-refractivity contribution in [3.8, 4) is 11.1 Å². The number of hydrogen-bond acceptors (Lipinski definition) is 1. The van der Waals surface area contributed by atoms with E-state index in [0.29, 0.717) is 0 Å². The van der Waals surface area contributed by atoms with Crippen LogP contribution in [0.2, 0.25) is 0 Å². The lowest BCUT2D eigenvalue weighted by atomic mass is 9.90. The Balaban J connectivity index is 1.69. The summed E-state index contributed by atoms with van der Waals surface area (Å²) in [5, 5.41) is 7.96. The van der Waals surface area contributed by atoms with Gasteiger partial charge in [0.25, 0.3) is 0 Å². The minimum absolute atomic E-state index is 0.945. The molecule has 1 heterocycles. The zero-order valence-electron chi connectivity index (χ0n) is 16.0. The first-order valence-corrected chi connectivity index (χ1v) is 9.88. The summed E-state index contributed by atoms with van der Waals surface area (Å²) in [5.74, 6) is 1.07. The second-order valence-electron chi connectivity index (χ2n) is 7.58. The predicted octanol–water partition coefficient (Wildman–Crippen LogP) is 6.93. The molecule has 6 rings (SSSR count). The van der Waals surface area contributed by atoms with Crippen LogP contribution in [0.1, 0.15) is 12.7 Å². The smallest absolute Gasteiger partial charge is 0.106 e. The second-order valence-corrected chi connectivity index (χ2v) is 7.58. The largest absolute Gasteiger partial charge is 0.329 e. The van der Waals surface area contributed by atoms with Crippen LogP contribution in [0.3, 0.4) is 0 Å². The lowest BCUT2D eigenvalue weighted by Gasteiger charge is -2.14. The maximum absolute atomic E-state index is 4.79. The van der Waals surface area contributed by atoms with Gasteiger partial charge in [0.05, 0.1) is 11.0 Å². The quantitative estimate of drug-likeness (QED) is 0.306. The van der Waals surface area contributed by atoms with Crippen LogP contribution in [-0.4, -0.2) is 9.55 Å². The first kappa shape index (κ1) is 15.6. The third-order valence-electron chi connectivity index (χ3n) is 6.09. The van der Waals surface area contributed by atoms with Gasteiger partial charge in [0, 0.05) is 6.54 Å². The molecule has 0 saturated heterocycles. The minimum atomic E-state index is 0.945. The molecule has 1 aromatic heterocycles. The van der Waals surface area contributed by atoms with Gasteiger partial charge in [-0.2, -0.15) is 0 Å². The topological polar surface area (TPSA) is 17.8 Å². The normalized spacial score (nSPS) is 12.1. The molecule has 0 bridgehead atoms. The van der Waals surface area contributed by atoms with Crippen molar-refractivity contribution in [1.82, 2.24) is 9.55 Å². The van der Waals surface area contributed by atoms with Crippen LogP contribution in [-0.2, 0) is 6.54 Å². The molecule has 0 aliphatic carbocycles. The van der Waals surface area contributed by atoms with Crippen LogP contribution in [0.5, 0.6) is 0 Å². The van der Waals surface area contributed by atoms with Crippen molar-refractivity contribution in [2.45, 2.75) is 20.4 Å². The van der Waals surface area contributed by atoms with Crippen molar-refractivity contribution in [2.24, 2.45) is 0 Å². The van der Waals surface area contributed by atoms with E-state index in [9.17, 15) is 0 Å². The fourth-order valence-electron chi connectivity index (χ4n) is 4.80. The van der Waals surface area contributed by atoms with Gasteiger partial charge in [0.15, 0.2) is 0 Å². The van der Waals surface area contributed by atoms with E-state index in [4.69, 9.17) is 4.98 Å². The van der Waals surface area contributed by atoms with E-state index < -0.39 is 0 Å². The van der Waals surface area contributed by atoms with E-state index in [1.54, 1.807) is 0 Å². The lowest BCUT2D eigenvalue weighted by molar-refractivity contribution is 0.753. The zero-order chi connectivity index (χ0) is 18.8. The lowest BCUT2D eigenvalue weighted by Crippen LogP contribution is -1.96. The summed E-state index contributed by atoms with van der Waals surface area (Å²) in [6.07, 6.45) is 0. The number of fused-ring (bicyclic) bond motifs is 1. The highest BCUT2D eigenvalue weighted by Gasteiger charge is 2.13. The molecule has 2 nitrogen and oxygen atoms in total. The molecule has 134 valence electrons. The molecular weight excluding hydrogens is 340 g/mol. The first-order valence-electron chi connectivity index (χ1n) is 9.88. The number of imidazole rings is 1. The Bertz CT molecular complexity index is 1490. The van der Waals surface area contributed by atoms with Crippen LogP contribution >= 0.6 is 0 Å². The molecule has 0 atom stereocenters. The van der Waals surface area contributed by atoms with Crippen LogP contribution in [0.15, 0.2) is 72.8 Å². The summed E-state index contributed by atoms with van der Waals surface area (Å²) in [7, 11) is 0. The van der Waals surface area contributed by atoms with E-state index in [1.807, 2.05) is 0 Å². The fourth-order valence-corrected chi connectivity index (χ4v) is 4.80. The standard InChI is InChI=1S/C26H20N2/c1-3-28-16(2)27-23-15-20(11-14-24(23)28)21-12-9-19-8-7-17-5-4-6-18-10-13-22(21)26(19)25(17)18/h4-15H,3H2,1-2H3. The molecule has 0 spiro atoms. The molecule has 2 heteroatoms. The van der Waals surface area contributed by atoms with Crippen molar-refractivity contribution >= 4 is 43.4 Å². The summed E-state index contributed by atoms with van der Waals surface area (Å²) in [6, 6.07) is 26.8. The van der Waals surface area contributed by atoms with Gasteiger partial charge in [-0.25, -0.2) is 4.98 Å². The van der Waals surface area contributed by atoms with Gasteiger partial charge >= 0.3 is 0 Å². The van der Waals surface area contributed by atoms with Crippen molar-refractivity contribution in [3.05, 3.63) is 78.6 Å². The average molecular weight is 360 g/mol. The summed E-state index contributed by atoms with van der Waals surface area (Å²) in [5.41, 5.74) is 4.78. The van der Waals surface area contributed by atoms with Crippen LogP contribution < -0.4 is 0 Å². The molecule has 0 saturated carbocycles. The maximum Gasteiger partial charge on any atom is 0.106 e. The summed E-state index contributed by atoms with van der Waals surface area (Å²) < 4.78 is 2.27. The van der Waals surface area contributed by atoms with Gasteiger partial charge in [-0.1, -0.05) is 60.7 Å². The van der Waals surface area contributed by atoms with Crippen LogP contribution in [0, 0.1) is 6.92 Å². The number of benzene rings is 5. The van der Waals surface area contributed by atoms with Gasteiger partial charge in [-0.3, -0.25) is 0 Å². The highest BCUT2D eigenvalue weighted by Crippen LogP contribution is 2.39. The van der Waals surface area contributed by atoms with Gasteiger partial charge in [-0.15, -0.1) is 0 Å². The number of rotatable bonds is 2. The van der Waals surface area contributed by atoms with Crippen molar-refractivity contribution in [1.29, 1.82) is 0 Å². The Morgan fingerprint density at radius 3 is 2.29 bits per heavy atom. The Morgan fingerprint density at radius 2 is 1.50 bits per heavy atom. The maximum atomic E-state index is 4.79. The van der Waals surface area contributed by atoms with Crippen LogP contribution in [0.25, 0.3) is 54.5 Å². The van der Waals surface area contributed by atoms with Crippen molar-refractivity contribution < 1.29 is 0 Å². The molecule has 0 aliphatic heterocycles. The average Bonchev–Trinajstić information content (AvgIpc) is 3.06. The van der Waals surface area contributed by atoms with E-state index in [0.717, 1.165) is 17.9 Å². The van der Waals surface area contributed by atoms with E-state index in [1.165, 1.54) is 49.0 Å². The number of nitrogens with zero attached hydrogens (tertiary/aromatic N) is 2. The molecule has 0 aliphatic rings. The van der Waals surface area contributed by atoms with Gasteiger partial charge in [-0.05, 0) is 69.4 Å². The van der Waals surface area contributed by atoms with Gasteiger partial charge in [0.1, 0.15) is 5.82 Å². The molecule has 5 aromatic carbocycles. The Kier molecular flexibility index (Phi) is 3.10. The SMILES string of the molecule is CCn1c(C)nc2cc(-c3ccc4ccc5cccc6ccc3c4c56)ccc21. The van der Waals surface area contributed by atoms with Crippen molar-refractivity contribution in [3.63, 3.8) is 0 Å².